The van der Waals surface area contributed by atoms with Crippen LogP contribution in [0.5, 0.6) is 0 Å². The van der Waals surface area contributed by atoms with Crippen molar-refractivity contribution in [3.63, 3.8) is 0 Å². The van der Waals surface area contributed by atoms with Crippen molar-refractivity contribution in [1.82, 2.24) is 24.6 Å². The topological polar surface area (TPSA) is 56.0 Å². The molecule has 3 heterocycles. The molecule has 0 amide bonds. The molecule has 10 aromatic rings. The SMILES string of the molecule is CC1(C)c2ccccc2-c2ccc(-c3nc(-c4ccccc4)nc(-c4cccc(-c5cc6ccccc6c6c(-c7ccccc7)c(-c7ccccc7)nn56)c4)n3)cc21. The lowest BCUT2D eigenvalue weighted by Gasteiger charge is -2.21. The Kier molecular flexibility index (Phi) is 7.76. The number of benzene rings is 7. The van der Waals surface area contributed by atoms with Gasteiger partial charge in [0.2, 0.25) is 0 Å². The summed E-state index contributed by atoms with van der Waals surface area (Å²) < 4.78 is 2.13. The Morgan fingerprint density at radius 3 is 1.71 bits per heavy atom. The van der Waals surface area contributed by atoms with Crippen LogP contribution in [-0.4, -0.2) is 24.6 Å². The van der Waals surface area contributed by atoms with Crippen LogP contribution in [0.1, 0.15) is 25.0 Å². The van der Waals surface area contributed by atoms with Gasteiger partial charge in [0.05, 0.1) is 11.2 Å². The van der Waals surface area contributed by atoms with Crippen LogP contribution < -0.4 is 0 Å². The first-order valence-electron chi connectivity index (χ1n) is 19.7. The Morgan fingerprint density at radius 2 is 0.966 bits per heavy atom. The summed E-state index contributed by atoms with van der Waals surface area (Å²) in [6, 6.07) is 66.0. The van der Waals surface area contributed by atoms with E-state index in [0.29, 0.717) is 17.5 Å². The highest BCUT2D eigenvalue weighted by Crippen LogP contribution is 2.49. The lowest BCUT2D eigenvalue weighted by atomic mass is 9.82. The quantitative estimate of drug-likeness (QED) is 0.170. The van der Waals surface area contributed by atoms with E-state index in [1.807, 2.05) is 24.3 Å². The predicted octanol–water partition coefficient (Wildman–Crippen LogP) is 13.0. The van der Waals surface area contributed by atoms with E-state index in [1.165, 1.54) is 22.3 Å². The molecule has 0 radical (unpaired) electrons. The predicted molar refractivity (Wildman–Crippen MR) is 236 cm³/mol. The molecule has 0 N–H and O–H groups in total. The average Bonchev–Trinajstić information content (AvgIpc) is 3.80. The summed E-state index contributed by atoms with van der Waals surface area (Å²) in [4.78, 5) is 15.5. The smallest absolute Gasteiger partial charge is 0.164 e. The second kappa shape index (κ2) is 13.3. The Balaban J connectivity index is 1.11. The molecule has 11 rings (SSSR count). The monoisotopic (exact) mass is 743 g/mol. The van der Waals surface area contributed by atoms with Gasteiger partial charge in [-0.1, -0.05) is 184 Å². The van der Waals surface area contributed by atoms with Crippen LogP contribution in [0.2, 0.25) is 0 Å². The zero-order chi connectivity index (χ0) is 38.8. The minimum atomic E-state index is -0.146. The molecule has 0 spiro atoms. The Labute approximate surface area is 337 Å². The summed E-state index contributed by atoms with van der Waals surface area (Å²) in [6.45, 7) is 4.60. The number of pyridine rings is 1. The number of rotatable bonds is 6. The normalized spacial score (nSPS) is 12.8. The van der Waals surface area contributed by atoms with Gasteiger partial charge in [-0.3, -0.25) is 0 Å². The van der Waals surface area contributed by atoms with Crippen LogP contribution in [0, 0.1) is 0 Å². The van der Waals surface area contributed by atoms with Crippen molar-refractivity contribution in [3.8, 4) is 78.9 Å². The van der Waals surface area contributed by atoms with Gasteiger partial charge in [0.15, 0.2) is 17.5 Å². The highest BCUT2D eigenvalue weighted by atomic mass is 15.2. The summed E-state index contributed by atoms with van der Waals surface area (Å²) >= 11 is 0. The standard InChI is InChI=1S/C53H37N5/c1-53(2)44-28-15-14-27-42(44)43-30-29-40(32-45(43)53)52-55-50(36-21-10-5-11-22-36)54-51(56-52)39-25-16-24-38(31-39)46-33-37-23-12-13-26-41(37)49-47(34-17-6-3-7-18-34)48(57-58(46)49)35-19-8-4-9-20-35/h3-33H,1-2H3. The van der Waals surface area contributed by atoms with Gasteiger partial charge in [0.1, 0.15) is 5.69 Å². The first kappa shape index (κ1) is 33.8. The third-order valence-electron chi connectivity index (χ3n) is 11.7. The molecule has 58 heavy (non-hydrogen) atoms. The fourth-order valence-corrected chi connectivity index (χ4v) is 8.78. The maximum atomic E-state index is 5.43. The largest absolute Gasteiger partial charge is 0.231 e. The van der Waals surface area contributed by atoms with Gasteiger partial charge in [-0.2, -0.15) is 5.10 Å². The molecule has 5 heteroatoms. The maximum absolute atomic E-state index is 5.43. The Morgan fingerprint density at radius 1 is 0.414 bits per heavy atom. The summed E-state index contributed by atoms with van der Waals surface area (Å²) in [6.07, 6.45) is 0. The summed E-state index contributed by atoms with van der Waals surface area (Å²) in [5.74, 6) is 1.89. The van der Waals surface area contributed by atoms with Crippen molar-refractivity contribution in [1.29, 1.82) is 0 Å². The highest BCUT2D eigenvalue weighted by Gasteiger charge is 2.35. The molecule has 0 bridgehead atoms. The lowest BCUT2D eigenvalue weighted by molar-refractivity contribution is 0.660. The van der Waals surface area contributed by atoms with Crippen LogP contribution in [0.25, 0.3) is 95.2 Å². The molecular weight excluding hydrogens is 707 g/mol. The Bertz CT molecular complexity index is 3180. The van der Waals surface area contributed by atoms with E-state index in [0.717, 1.165) is 66.6 Å². The van der Waals surface area contributed by atoms with Gasteiger partial charge < -0.3 is 0 Å². The summed E-state index contributed by atoms with van der Waals surface area (Å²) in [7, 11) is 0. The first-order chi connectivity index (χ1) is 28.5. The minimum Gasteiger partial charge on any atom is -0.231 e. The molecular formula is C53H37N5. The van der Waals surface area contributed by atoms with Crippen molar-refractivity contribution in [2.75, 3.05) is 0 Å². The molecule has 3 aromatic heterocycles. The van der Waals surface area contributed by atoms with Gasteiger partial charge in [-0.15, -0.1) is 0 Å². The average molecular weight is 744 g/mol. The van der Waals surface area contributed by atoms with E-state index in [-0.39, 0.29) is 5.41 Å². The van der Waals surface area contributed by atoms with Crippen LogP contribution in [0.3, 0.4) is 0 Å². The van der Waals surface area contributed by atoms with Crippen LogP contribution >= 0.6 is 0 Å². The van der Waals surface area contributed by atoms with Crippen molar-refractivity contribution >= 4 is 16.3 Å². The number of fused-ring (bicyclic) bond motifs is 6. The molecule has 0 atom stereocenters. The second-order valence-corrected chi connectivity index (χ2v) is 15.5. The third-order valence-corrected chi connectivity index (χ3v) is 11.7. The zero-order valence-electron chi connectivity index (χ0n) is 32.1. The van der Waals surface area contributed by atoms with E-state index in [4.69, 9.17) is 20.1 Å². The van der Waals surface area contributed by atoms with E-state index in [2.05, 4.69) is 182 Å². The van der Waals surface area contributed by atoms with Gasteiger partial charge in [0, 0.05) is 44.2 Å². The number of aromatic nitrogens is 5. The fourth-order valence-electron chi connectivity index (χ4n) is 8.78. The number of hydrogen-bond donors (Lipinski definition) is 0. The molecule has 0 saturated heterocycles. The summed E-state index contributed by atoms with van der Waals surface area (Å²) in [5, 5.41) is 7.71. The Hall–Kier alpha value is -7.50. The molecule has 274 valence electrons. The molecule has 5 nitrogen and oxygen atoms in total. The summed E-state index contributed by atoms with van der Waals surface area (Å²) in [5.41, 5.74) is 15.1. The minimum absolute atomic E-state index is 0.146. The van der Waals surface area contributed by atoms with Gasteiger partial charge >= 0.3 is 0 Å². The van der Waals surface area contributed by atoms with E-state index in [1.54, 1.807) is 0 Å². The van der Waals surface area contributed by atoms with Gasteiger partial charge in [-0.25, -0.2) is 19.5 Å². The number of nitrogens with zero attached hydrogens (tertiary/aromatic N) is 5. The maximum Gasteiger partial charge on any atom is 0.164 e. The van der Waals surface area contributed by atoms with Crippen molar-refractivity contribution in [2.24, 2.45) is 0 Å². The van der Waals surface area contributed by atoms with Gasteiger partial charge in [0.25, 0.3) is 0 Å². The van der Waals surface area contributed by atoms with Crippen LogP contribution in [0.4, 0.5) is 0 Å². The highest BCUT2D eigenvalue weighted by molar-refractivity contribution is 6.08. The van der Waals surface area contributed by atoms with Gasteiger partial charge in [-0.05, 0) is 51.4 Å². The van der Waals surface area contributed by atoms with E-state index in [9.17, 15) is 0 Å². The van der Waals surface area contributed by atoms with Crippen molar-refractivity contribution in [2.45, 2.75) is 19.3 Å². The molecule has 1 aliphatic rings. The second-order valence-electron chi connectivity index (χ2n) is 15.5. The third kappa shape index (κ3) is 5.47. The molecule has 0 fully saturated rings. The van der Waals surface area contributed by atoms with Crippen LogP contribution in [0.15, 0.2) is 188 Å². The molecule has 0 unspecified atom stereocenters. The first-order valence-corrected chi connectivity index (χ1v) is 19.7. The molecule has 1 aliphatic carbocycles. The molecule has 7 aromatic carbocycles. The molecule has 0 aliphatic heterocycles. The molecule has 0 saturated carbocycles. The van der Waals surface area contributed by atoms with Crippen molar-refractivity contribution < 1.29 is 0 Å². The fraction of sp³-hybridized carbons (Fsp3) is 0.0566. The number of hydrogen-bond acceptors (Lipinski definition) is 4. The van der Waals surface area contributed by atoms with Crippen LogP contribution in [-0.2, 0) is 5.41 Å². The lowest BCUT2D eigenvalue weighted by Crippen LogP contribution is -2.15. The van der Waals surface area contributed by atoms with E-state index < -0.39 is 0 Å². The zero-order valence-corrected chi connectivity index (χ0v) is 32.1. The van der Waals surface area contributed by atoms with E-state index >= 15 is 0 Å². The van der Waals surface area contributed by atoms with Crippen molar-refractivity contribution in [3.05, 3.63) is 199 Å².